The van der Waals surface area contributed by atoms with Crippen LogP contribution in [0.15, 0.2) is 29.3 Å². The highest BCUT2D eigenvalue weighted by atomic mass is 16.2. The maximum Gasteiger partial charge on any atom is 0.284 e. The van der Waals surface area contributed by atoms with Crippen LogP contribution in [0.25, 0.3) is 16.9 Å². The lowest BCUT2D eigenvalue weighted by Crippen LogP contribution is -2.41. The first-order chi connectivity index (χ1) is 13.4. The number of piperidine rings is 1. The highest BCUT2D eigenvalue weighted by Crippen LogP contribution is 2.17. The number of aromatic nitrogens is 5. The monoisotopic (exact) mass is 380 g/mol. The summed E-state index contributed by atoms with van der Waals surface area (Å²) < 4.78 is 2.89. The van der Waals surface area contributed by atoms with Crippen molar-refractivity contribution < 1.29 is 4.79 Å². The highest BCUT2D eigenvalue weighted by molar-refractivity contribution is 5.77. The Morgan fingerprint density at radius 3 is 2.50 bits per heavy atom. The number of nitrogens with zero attached hydrogens (tertiary/aromatic N) is 6. The van der Waals surface area contributed by atoms with E-state index in [1.807, 2.05) is 30.9 Å². The molecule has 0 aliphatic carbocycles. The van der Waals surface area contributed by atoms with Crippen molar-refractivity contribution in [2.24, 2.45) is 5.92 Å². The van der Waals surface area contributed by atoms with Crippen molar-refractivity contribution in [2.75, 3.05) is 13.1 Å². The predicted octanol–water partition coefficient (Wildman–Crippen LogP) is 1.85. The van der Waals surface area contributed by atoms with Gasteiger partial charge >= 0.3 is 0 Å². The third-order valence-electron chi connectivity index (χ3n) is 5.32. The number of benzene rings is 1. The molecule has 8 heteroatoms. The van der Waals surface area contributed by atoms with Gasteiger partial charge in [0.2, 0.25) is 5.91 Å². The van der Waals surface area contributed by atoms with Crippen LogP contribution >= 0.6 is 0 Å². The van der Waals surface area contributed by atoms with Gasteiger partial charge in [0, 0.05) is 13.1 Å². The van der Waals surface area contributed by atoms with Crippen molar-refractivity contribution in [3.63, 3.8) is 0 Å². The third kappa shape index (κ3) is 3.42. The molecule has 0 N–H and O–H groups in total. The molecule has 1 fully saturated rings. The lowest BCUT2D eigenvalue weighted by Gasteiger charge is -2.30. The molecule has 1 saturated heterocycles. The lowest BCUT2D eigenvalue weighted by atomic mass is 9.99. The van der Waals surface area contributed by atoms with Crippen LogP contribution in [0.4, 0.5) is 0 Å². The van der Waals surface area contributed by atoms with Crippen LogP contribution < -0.4 is 5.56 Å². The van der Waals surface area contributed by atoms with Gasteiger partial charge in [-0.25, -0.2) is 4.98 Å². The Hall–Kier alpha value is -3.03. The molecule has 3 aromatic rings. The molecule has 0 radical (unpaired) electrons. The molecule has 28 heavy (non-hydrogen) atoms. The molecule has 0 atom stereocenters. The number of carbonyl (C=O) groups excluding carboxylic acids is 1. The van der Waals surface area contributed by atoms with E-state index < -0.39 is 0 Å². The normalized spacial score (nSPS) is 15.3. The zero-order valence-corrected chi connectivity index (χ0v) is 16.4. The molecule has 8 nitrogen and oxygen atoms in total. The summed E-state index contributed by atoms with van der Waals surface area (Å²) in [6, 6.07) is 6.00. The largest absolute Gasteiger partial charge is 0.341 e. The van der Waals surface area contributed by atoms with E-state index in [0.29, 0.717) is 11.6 Å². The van der Waals surface area contributed by atoms with Crippen LogP contribution in [0.2, 0.25) is 0 Å². The Kier molecular flexibility index (Phi) is 4.70. The van der Waals surface area contributed by atoms with Gasteiger partial charge in [0.1, 0.15) is 12.9 Å². The van der Waals surface area contributed by atoms with Crippen LogP contribution in [0.3, 0.4) is 0 Å². The molecule has 146 valence electrons. The SMILES string of the molecule is Cc1cc(C)cc(-n2nnc3c(=O)n(CC(=O)N4CCC(C)CC4)cnc32)c1. The van der Waals surface area contributed by atoms with Gasteiger partial charge in [0.05, 0.1) is 5.69 Å². The summed E-state index contributed by atoms with van der Waals surface area (Å²) >= 11 is 0. The Bertz CT molecular complexity index is 1070. The summed E-state index contributed by atoms with van der Waals surface area (Å²) in [4.78, 5) is 31.6. The topological polar surface area (TPSA) is 85.9 Å². The van der Waals surface area contributed by atoms with Crippen molar-refractivity contribution in [2.45, 2.75) is 40.2 Å². The van der Waals surface area contributed by atoms with Crippen LogP contribution in [-0.2, 0) is 11.3 Å². The first-order valence-electron chi connectivity index (χ1n) is 9.59. The van der Waals surface area contributed by atoms with Crippen molar-refractivity contribution >= 4 is 17.1 Å². The van der Waals surface area contributed by atoms with E-state index in [1.165, 1.54) is 10.9 Å². The van der Waals surface area contributed by atoms with E-state index in [4.69, 9.17) is 0 Å². The van der Waals surface area contributed by atoms with Gasteiger partial charge in [0.25, 0.3) is 5.56 Å². The number of carbonyl (C=O) groups is 1. The van der Waals surface area contributed by atoms with E-state index in [9.17, 15) is 9.59 Å². The molecule has 0 unspecified atom stereocenters. The first kappa shape index (κ1) is 18.3. The number of hydrogen-bond acceptors (Lipinski definition) is 5. The molecule has 2 aromatic heterocycles. The fourth-order valence-corrected chi connectivity index (χ4v) is 3.71. The smallest absolute Gasteiger partial charge is 0.284 e. The fourth-order valence-electron chi connectivity index (χ4n) is 3.71. The number of rotatable bonds is 3. The van der Waals surface area contributed by atoms with Crippen LogP contribution in [-0.4, -0.2) is 48.4 Å². The number of amides is 1. The third-order valence-corrected chi connectivity index (χ3v) is 5.32. The quantitative estimate of drug-likeness (QED) is 0.692. The van der Waals surface area contributed by atoms with Crippen molar-refractivity contribution in [1.82, 2.24) is 29.4 Å². The second kappa shape index (κ2) is 7.18. The summed E-state index contributed by atoms with van der Waals surface area (Å²) in [6.07, 6.45) is 3.42. The minimum atomic E-state index is -0.348. The van der Waals surface area contributed by atoms with Crippen LogP contribution in [0.5, 0.6) is 0 Å². The maximum absolute atomic E-state index is 12.8. The standard InChI is InChI=1S/C20H24N6O2/c1-13-4-6-24(7-5-13)17(27)11-25-12-21-19-18(20(25)28)22-23-26(19)16-9-14(2)8-15(3)10-16/h8-10,12-13H,4-7,11H2,1-3H3. The molecule has 1 aromatic carbocycles. The molecule has 1 amide bonds. The molecule has 1 aliphatic rings. The molecule has 0 saturated carbocycles. The Balaban J connectivity index is 1.63. The van der Waals surface area contributed by atoms with E-state index >= 15 is 0 Å². The molecule has 1 aliphatic heterocycles. The van der Waals surface area contributed by atoms with Gasteiger partial charge in [-0.05, 0) is 55.9 Å². The number of likely N-dealkylation sites (tertiary alicyclic amines) is 1. The zero-order valence-electron chi connectivity index (χ0n) is 16.4. The molecule has 0 bridgehead atoms. The van der Waals surface area contributed by atoms with E-state index in [-0.39, 0.29) is 23.5 Å². The predicted molar refractivity (Wildman–Crippen MR) is 105 cm³/mol. The van der Waals surface area contributed by atoms with Gasteiger partial charge < -0.3 is 4.90 Å². The lowest BCUT2D eigenvalue weighted by molar-refractivity contribution is -0.133. The minimum absolute atomic E-state index is 0.0213. The van der Waals surface area contributed by atoms with Gasteiger partial charge in [-0.3, -0.25) is 14.2 Å². The molecule has 0 spiro atoms. The summed E-state index contributed by atoms with van der Waals surface area (Å²) in [5.41, 5.74) is 3.21. The average molecular weight is 380 g/mol. The Morgan fingerprint density at radius 2 is 1.82 bits per heavy atom. The molecule has 4 rings (SSSR count). The highest BCUT2D eigenvalue weighted by Gasteiger charge is 2.22. The van der Waals surface area contributed by atoms with E-state index in [2.05, 4.69) is 28.3 Å². The fraction of sp³-hybridized carbons (Fsp3) is 0.450. The first-order valence-corrected chi connectivity index (χ1v) is 9.59. The molecular weight excluding hydrogens is 356 g/mol. The zero-order chi connectivity index (χ0) is 19.8. The van der Waals surface area contributed by atoms with Crippen molar-refractivity contribution in [1.29, 1.82) is 0 Å². The Morgan fingerprint density at radius 1 is 1.14 bits per heavy atom. The molecular formula is C20H24N6O2. The van der Waals surface area contributed by atoms with Gasteiger partial charge in [-0.15, -0.1) is 5.10 Å². The Labute approximate surface area is 162 Å². The summed E-state index contributed by atoms with van der Waals surface area (Å²) in [7, 11) is 0. The number of hydrogen-bond donors (Lipinski definition) is 0. The average Bonchev–Trinajstić information content (AvgIpc) is 3.08. The van der Waals surface area contributed by atoms with Gasteiger partial charge in [-0.1, -0.05) is 18.2 Å². The van der Waals surface area contributed by atoms with Crippen LogP contribution in [0.1, 0.15) is 30.9 Å². The second-order valence-electron chi connectivity index (χ2n) is 7.76. The van der Waals surface area contributed by atoms with Gasteiger partial charge in [0.15, 0.2) is 11.2 Å². The summed E-state index contributed by atoms with van der Waals surface area (Å²) in [6.45, 7) is 7.67. The number of aryl methyl sites for hydroxylation is 2. The minimum Gasteiger partial charge on any atom is -0.341 e. The maximum atomic E-state index is 12.8. The van der Waals surface area contributed by atoms with E-state index in [0.717, 1.165) is 42.7 Å². The second-order valence-corrected chi connectivity index (χ2v) is 7.76. The van der Waals surface area contributed by atoms with Crippen LogP contribution in [0, 0.1) is 19.8 Å². The summed E-state index contributed by atoms with van der Waals surface area (Å²) in [5.74, 6) is 0.585. The van der Waals surface area contributed by atoms with Crippen molar-refractivity contribution in [3.05, 3.63) is 46.0 Å². The molecule has 3 heterocycles. The van der Waals surface area contributed by atoms with E-state index in [1.54, 1.807) is 4.68 Å². The number of fused-ring (bicyclic) bond motifs is 1. The van der Waals surface area contributed by atoms with Crippen molar-refractivity contribution in [3.8, 4) is 5.69 Å². The summed E-state index contributed by atoms with van der Waals surface area (Å²) in [5, 5.41) is 8.16. The van der Waals surface area contributed by atoms with Gasteiger partial charge in [-0.2, -0.15) is 4.68 Å².